The molecule has 2 aromatic rings. The number of anilines is 2. The fraction of sp³-hybridized carbons (Fsp3) is 0.400. The van der Waals surface area contributed by atoms with Gasteiger partial charge in [-0.3, -0.25) is 4.79 Å². The number of carbonyl (C=O) groups is 1. The molecule has 1 aliphatic rings. The molecule has 0 bridgehead atoms. The van der Waals surface area contributed by atoms with Gasteiger partial charge in [0.25, 0.3) is 0 Å². The molecule has 0 aliphatic carbocycles. The molecule has 1 N–H and O–H groups in total. The summed E-state index contributed by atoms with van der Waals surface area (Å²) in [7, 11) is 3.13. The van der Waals surface area contributed by atoms with Gasteiger partial charge in [-0.05, 0) is 55.4 Å². The predicted octanol–water partition coefficient (Wildman–Crippen LogP) is 6.45. The number of hydrogen-bond donors (Lipinski definition) is 1. The molecule has 1 aliphatic heterocycles. The number of hydrogen-bond acceptors (Lipinski definition) is 7. The predicted molar refractivity (Wildman–Crippen MR) is 137 cm³/mol. The third-order valence-corrected chi connectivity index (χ3v) is 7.16. The van der Waals surface area contributed by atoms with Crippen molar-refractivity contribution in [2.45, 2.75) is 48.9 Å². The Morgan fingerprint density at radius 2 is 2.00 bits per heavy atom. The van der Waals surface area contributed by atoms with E-state index in [9.17, 15) is 9.18 Å². The van der Waals surface area contributed by atoms with Crippen molar-refractivity contribution < 1.29 is 19.0 Å². The van der Waals surface area contributed by atoms with E-state index in [2.05, 4.69) is 60.4 Å². The largest absolute Gasteiger partial charge is 0.461 e. The van der Waals surface area contributed by atoms with E-state index in [-0.39, 0.29) is 6.29 Å². The number of carbonyl (C=O) groups excluding carboxylic acids is 1. The average Bonchev–Trinajstić information content (AvgIpc) is 2.98. The van der Waals surface area contributed by atoms with Crippen molar-refractivity contribution >= 4 is 41.4 Å². The van der Waals surface area contributed by atoms with Gasteiger partial charge >= 0.3 is 0 Å². The summed E-state index contributed by atoms with van der Waals surface area (Å²) in [4.78, 5) is 15.0. The number of rotatable bonds is 9. The van der Waals surface area contributed by atoms with E-state index >= 15 is 0 Å². The smallest absolute Gasteiger partial charge is 0.197 e. The molecular weight excluding hydrogens is 459 g/mol. The van der Waals surface area contributed by atoms with Gasteiger partial charge in [0.05, 0.1) is 15.5 Å². The molecule has 8 heteroatoms. The van der Waals surface area contributed by atoms with E-state index < -0.39 is 5.83 Å². The number of allylic oxidation sites excluding steroid dienone is 1. The fourth-order valence-electron chi connectivity index (χ4n) is 3.54. The van der Waals surface area contributed by atoms with Gasteiger partial charge in [-0.15, -0.1) is 11.8 Å². The number of benzene rings is 2. The average molecular weight is 493 g/mol. The highest BCUT2D eigenvalue weighted by Crippen LogP contribution is 2.46. The number of aliphatic hydroxyl groups excluding tert-OH is 1. The summed E-state index contributed by atoms with van der Waals surface area (Å²) in [5.74, 6) is 0.480. The van der Waals surface area contributed by atoms with E-state index in [0.717, 1.165) is 59.7 Å². The van der Waals surface area contributed by atoms with Crippen molar-refractivity contribution in [1.29, 1.82) is 0 Å². The normalized spacial score (nSPS) is 16.4. The quantitative estimate of drug-likeness (QED) is 0.142. The van der Waals surface area contributed by atoms with Gasteiger partial charge in [-0.1, -0.05) is 44.9 Å². The van der Waals surface area contributed by atoms with Gasteiger partial charge in [0.15, 0.2) is 12.1 Å². The van der Waals surface area contributed by atoms with Crippen molar-refractivity contribution in [3.8, 4) is 5.75 Å². The molecule has 1 heterocycles. The number of unbranched alkanes of at least 4 members (excludes halogenated alkanes) is 1. The van der Waals surface area contributed by atoms with Crippen LogP contribution in [0, 0.1) is 0 Å². The highest BCUT2D eigenvalue weighted by molar-refractivity contribution is 7.99. The van der Waals surface area contributed by atoms with Crippen LogP contribution >= 0.6 is 23.7 Å². The molecule has 0 aromatic heterocycles. The zero-order valence-electron chi connectivity index (χ0n) is 19.7. The number of ether oxygens (including phenoxy) is 1. The van der Waals surface area contributed by atoms with E-state index in [0.29, 0.717) is 11.8 Å². The topological polar surface area (TPSA) is 53.0 Å². The lowest BCUT2D eigenvalue weighted by atomic mass is 10.1. The van der Waals surface area contributed by atoms with Crippen LogP contribution < -0.4 is 9.64 Å². The van der Waals surface area contributed by atoms with Gasteiger partial charge in [-0.25, -0.2) is 4.31 Å². The van der Waals surface area contributed by atoms with Gasteiger partial charge in [-0.2, -0.15) is 4.39 Å². The summed E-state index contributed by atoms with van der Waals surface area (Å²) in [6, 6.07) is 14.9. The second-order valence-electron chi connectivity index (χ2n) is 7.32. The first-order valence-corrected chi connectivity index (χ1v) is 12.8. The third-order valence-electron chi connectivity index (χ3n) is 5.14. The minimum Gasteiger partial charge on any atom is -0.461 e. The molecule has 1 atom stereocenters. The first kappa shape index (κ1) is 27.2. The maximum absolute atomic E-state index is 13.4. The number of nitrogens with zero attached hydrogens (tertiary/aromatic N) is 2. The minimum absolute atomic E-state index is 0.147. The molecular formula is C25H33FN2O3S2. The Hall–Kier alpha value is -2.00. The Kier molecular flexibility index (Phi) is 11.8. The summed E-state index contributed by atoms with van der Waals surface area (Å²) in [6.07, 6.45) is 4.48. The van der Waals surface area contributed by atoms with Crippen LogP contribution in [0.5, 0.6) is 5.75 Å². The highest BCUT2D eigenvalue weighted by atomic mass is 32.2. The standard InChI is InChI=1S/C24H29FN2O2S2.CH4O/c1-4-6-10-20-15-27(19-11-8-7-9-12-19)21-13-24(30-5-2)22(29-17-18(25)16-28)14-23(21)31-26(20)3;1-2/h7-9,11-14,16-17,20H,4-6,10,15H2,1-3H3;2H,1H3/b18-17-;. The number of fused-ring (bicyclic) bond motifs is 1. The monoisotopic (exact) mass is 492 g/mol. The summed E-state index contributed by atoms with van der Waals surface area (Å²) >= 11 is 3.33. The van der Waals surface area contributed by atoms with Crippen LogP contribution in [0.1, 0.15) is 33.1 Å². The molecule has 180 valence electrons. The van der Waals surface area contributed by atoms with Crippen molar-refractivity contribution in [2.24, 2.45) is 0 Å². The lowest BCUT2D eigenvalue weighted by Crippen LogP contribution is -2.35. The zero-order valence-corrected chi connectivity index (χ0v) is 21.3. The van der Waals surface area contributed by atoms with Crippen LogP contribution in [0.4, 0.5) is 15.8 Å². The second-order valence-corrected chi connectivity index (χ2v) is 9.82. The molecule has 0 spiro atoms. The Labute approximate surface area is 205 Å². The van der Waals surface area contributed by atoms with E-state index in [4.69, 9.17) is 9.84 Å². The van der Waals surface area contributed by atoms with Gasteiger partial charge in [0.1, 0.15) is 12.0 Å². The number of halogens is 1. The van der Waals surface area contributed by atoms with Crippen LogP contribution in [0.25, 0.3) is 0 Å². The molecule has 3 rings (SSSR count). The van der Waals surface area contributed by atoms with E-state index in [1.165, 1.54) is 6.42 Å². The number of thioether (sulfide) groups is 1. The molecule has 0 saturated heterocycles. The van der Waals surface area contributed by atoms with Gasteiger partial charge < -0.3 is 14.7 Å². The summed E-state index contributed by atoms with van der Waals surface area (Å²) in [6.45, 7) is 5.17. The number of aliphatic hydroxyl groups is 1. The first-order valence-electron chi connectivity index (χ1n) is 11.0. The van der Waals surface area contributed by atoms with Gasteiger partial charge in [0.2, 0.25) is 0 Å². The maximum Gasteiger partial charge on any atom is 0.197 e. The Bertz CT molecular complexity index is 912. The lowest BCUT2D eigenvalue weighted by molar-refractivity contribution is -0.106. The third kappa shape index (κ3) is 7.50. The number of aldehydes is 1. The number of para-hydroxylation sites is 1. The van der Waals surface area contributed by atoms with E-state index in [1.807, 2.05) is 12.1 Å². The fourth-order valence-corrected chi connectivity index (χ4v) is 5.35. The minimum atomic E-state index is -0.933. The summed E-state index contributed by atoms with van der Waals surface area (Å²) in [5.41, 5.74) is 2.26. The Morgan fingerprint density at radius 3 is 2.64 bits per heavy atom. The van der Waals surface area contributed by atoms with Gasteiger partial charge in [0, 0.05) is 25.4 Å². The Balaban J connectivity index is 0.00000187. The van der Waals surface area contributed by atoms with Crippen molar-refractivity contribution in [1.82, 2.24) is 4.31 Å². The van der Waals surface area contributed by atoms with Crippen molar-refractivity contribution in [3.63, 3.8) is 0 Å². The molecule has 2 aromatic carbocycles. The van der Waals surface area contributed by atoms with Crippen molar-refractivity contribution in [3.05, 3.63) is 54.6 Å². The lowest BCUT2D eigenvalue weighted by Gasteiger charge is -2.30. The van der Waals surface area contributed by atoms with E-state index in [1.54, 1.807) is 23.7 Å². The maximum atomic E-state index is 13.4. The Morgan fingerprint density at radius 1 is 1.27 bits per heavy atom. The van der Waals surface area contributed by atoms with Crippen LogP contribution in [0.2, 0.25) is 0 Å². The van der Waals surface area contributed by atoms with Crippen molar-refractivity contribution in [2.75, 3.05) is 31.4 Å². The van der Waals surface area contributed by atoms with Crippen LogP contribution in [0.15, 0.2) is 64.3 Å². The zero-order chi connectivity index (χ0) is 24.2. The van der Waals surface area contributed by atoms with Crippen LogP contribution in [-0.2, 0) is 4.79 Å². The second kappa shape index (κ2) is 14.3. The molecule has 0 fully saturated rings. The molecule has 1 unspecified atom stereocenters. The molecule has 0 saturated carbocycles. The highest BCUT2D eigenvalue weighted by Gasteiger charge is 2.28. The summed E-state index contributed by atoms with van der Waals surface area (Å²) in [5, 5.41) is 7.00. The summed E-state index contributed by atoms with van der Waals surface area (Å²) < 4.78 is 21.3. The number of likely N-dealkylation sites (N-methyl/N-ethyl adjacent to an activating group) is 1. The molecule has 0 amide bonds. The van der Waals surface area contributed by atoms with Crippen LogP contribution in [0.3, 0.4) is 0 Å². The molecule has 0 radical (unpaired) electrons. The SMILES string of the molecule is CCCCC1CN(c2ccccc2)c2cc(SCC)c(O/C=C(\F)C=O)cc2SN1C.CO. The first-order chi connectivity index (χ1) is 16.1. The molecule has 33 heavy (non-hydrogen) atoms. The van der Waals surface area contributed by atoms with Crippen LogP contribution in [-0.4, -0.2) is 48.2 Å². The molecule has 5 nitrogen and oxygen atoms in total.